The Balaban J connectivity index is 2.33. The zero-order valence-electron chi connectivity index (χ0n) is 9.34. The summed E-state index contributed by atoms with van der Waals surface area (Å²) in [6.45, 7) is 1.69. The first-order valence-electron chi connectivity index (χ1n) is 4.88. The van der Waals surface area contributed by atoms with E-state index in [0.717, 1.165) is 0 Å². The molecule has 0 atom stereocenters. The lowest BCUT2D eigenvalue weighted by molar-refractivity contribution is 0.569. The van der Waals surface area contributed by atoms with Gasteiger partial charge in [0.05, 0.1) is 10.6 Å². The van der Waals surface area contributed by atoms with Gasteiger partial charge in [0.1, 0.15) is 6.26 Å². The molecule has 0 radical (unpaired) electrons. The number of hydrogen-bond donors (Lipinski definition) is 2. The number of nitrogens with one attached hydrogen (secondary N) is 1. The van der Waals surface area contributed by atoms with Crippen molar-refractivity contribution >= 4 is 37.7 Å². The molecule has 8 heteroatoms. The van der Waals surface area contributed by atoms with Crippen molar-refractivity contribution in [2.75, 3.05) is 10.5 Å². The summed E-state index contributed by atoms with van der Waals surface area (Å²) in [7, 11) is -3.75. The highest BCUT2D eigenvalue weighted by atomic mass is 79.9. The van der Waals surface area contributed by atoms with Crippen molar-refractivity contribution < 1.29 is 12.8 Å². The van der Waals surface area contributed by atoms with Gasteiger partial charge in [-0.15, -0.1) is 0 Å². The van der Waals surface area contributed by atoms with Crippen molar-refractivity contribution in [2.24, 2.45) is 0 Å². The quantitative estimate of drug-likeness (QED) is 0.839. The number of hydrogen-bond acceptors (Lipinski definition) is 5. The van der Waals surface area contributed by atoms with Crippen LogP contribution in [0.4, 0.5) is 11.7 Å². The number of nitrogens with two attached hydrogens (primary N) is 1. The summed E-state index contributed by atoms with van der Waals surface area (Å²) >= 11 is 3.20. The molecular weight excluding hydrogens is 322 g/mol. The van der Waals surface area contributed by atoms with Crippen LogP contribution >= 0.6 is 15.9 Å². The van der Waals surface area contributed by atoms with E-state index in [2.05, 4.69) is 25.6 Å². The molecule has 6 nitrogen and oxygen atoms in total. The van der Waals surface area contributed by atoms with Crippen molar-refractivity contribution in [3.63, 3.8) is 0 Å². The second kappa shape index (κ2) is 4.62. The number of anilines is 2. The average Bonchev–Trinajstić information content (AvgIpc) is 2.67. The van der Waals surface area contributed by atoms with E-state index in [1.54, 1.807) is 13.0 Å². The molecule has 1 aromatic heterocycles. The lowest BCUT2D eigenvalue weighted by atomic mass is 10.3. The third-order valence-corrected chi connectivity index (χ3v) is 4.16. The largest absolute Gasteiger partial charge is 0.431 e. The van der Waals surface area contributed by atoms with E-state index in [-0.39, 0.29) is 10.9 Å². The van der Waals surface area contributed by atoms with Gasteiger partial charge in [0.2, 0.25) is 0 Å². The van der Waals surface area contributed by atoms with E-state index in [4.69, 9.17) is 10.2 Å². The van der Waals surface area contributed by atoms with Gasteiger partial charge in [0.15, 0.2) is 0 Å². The van der Waals surface area contributed by atoms with Crippen LogP contribution in [0.3, 0.4) is 0 Å². The van der Waals surface area contributed by atoms with Gasteiger partial charge in [-0.2, -0.15) is 4.98 Å². The van der Waals surface area contributed by atoms with Crippen LogP contribution in [0.5, 0.6) is 0 Å². The molecule has 0 aliphatic carbocycles. The molecule has 0 aliphatic rings. The molecule has 3 N–H and O–H groups in total. The first-order valence-corrected chi connectivity index (χ1v) is 7.16. The zero-order chi connectivity index (χ0) is 13.3. The smallest absolute Gasteiger partial charge is 0.309 e. The number of nitrogen functional groups attached to an aromatic ring is 1. The molecule has 0 bridgehead atoms. The molecule has 18 heavy (non-hydrogen) atoms. The molecule has 0 saturated heterocycles. The van der Waals surface area contributed by atoms with E-state index < -0.39 is 10.0 Å². The Bertz CT molecular complexity index is 681. The summed E-state index contributed by atoms with van der Waals surface area (Å²) in [5, 5.41) is 0. The minimum absolute atomic E-state index is 0.0408. The highest BCUT2D eigenvalue weighted by Gasteiger charge is 2.17. The number of benzene rings is 1. The van der Waals surface area contributed by atoms with Gasteiger partial charge in [0.25, 0.3) is 10.0 Å². The summed E-state index contributed by atoms with van der Waals surface area (Å²) in [6, 6.07) is 4.26. The number of nitrogens with zero attached hydrogens (tertiary/aromatic N) is 1. The maximum atomic E-state index is 12.0. The van der Waals surface area contributed by atoms with Gasteiger partial charge in [-0.25, -0.2) is 13.1 Å². The number of sulfonamides is 1. The van der Waals surface area contributed by atoms with Crippen LogP contribution in [-0.4, -0.2) is 13.4 Å². The van der Waals surface area contributed by atoms with Crippen LogP contribution < -0.4 is 10.5 Å². The molecule has 2 rings (SSSR count). The Labute approximate surface area is 112 Å². The Morgan fingerprint density at radius 2 is 2.17 bits per heavy atom. The Morgan fingerprint density at radius 1 is 1.44 bits per heavy atom. The van der Waals surface area contributed by atoms with Crippen molar-refractivity contribution in [1.29, 1.82) is 0 Å². The number of halogens is 1. The van der Waals surface area contributed by atoms with E-state index in [1.807, 2.05) is 0 Å². The molecule has 0 saturated carbocycles. The molecule has 0 aliphatic heterocycles. The number of aromatic nitrogens is 1. The average molecular weight is 332 g/mol. The van der Waals surface area contributed by atoms with Crippen molar-refractivity contribution in [3.8, 4) is 0 Å². The highest BCUT2D eigenvalue weighted by molar-refractivity contribution is 9.10. The molecule has 0 spiro atoms. The van der Waals surface area contributed by atoms with Crippen LogP contribution in [0.1, 0.15) is 5.69 Å². The summed E-state index contributed by atoms with van der Waals surface area (Å²) in [6.07, 6.45) is 1.35. The van der Waals surface area contributed by atoms with Crippen LogP contribution in [0.25, 0.3) is 0 Å². The van der Waals surface area contributed by atoms with Gasteiger partial charge in [-0.3, -0.25) is 0 Å². The van der Waals surface area contributed by atoms with Gasteiger partial charge in [-0.05, 0) is 41.1 Å². The molecule has 0 amide bonds. The van der Waals surface area contributed by atoms with Crippen LogP contribution in [0.15, 0.2) is 38.2 Å². The van der Waals surface area contributed by atoms with Crippen molar-refractivity contribution in [2.45, 2.75) is 11.8 Å². The lowest BCUT2D eigenvalue weighted by Gasteiger charge is -2.06. The van der Waals surface area contributed by atoms with Crippen LogP contribution in [0.2, 0.25) is 0 Å². The molecule has 1 aromatic carbocycles. The van der Waals surface area contributed by atoms with Gasteiger partial charge < -0.3 is 10.2 Å². The Morgan fingerprint density at radius 3 is 2.72 bits per heavy atom. The second-order valence-corrected chi connectivity index (χ2v) is 6.12. The standard InChI is InChI=1S/C10H10BrN3O3S/c1-6-5-17-10(13-6)14-18(15,16)7-2-3-8(11)9(12)4-7/h2-5H,12H2,1H3,(H,13,14). The van der Waals surface area contributed by atoms with Gasteiger partial charge in [-0.1, -0.05) is 0 Å². The van der Waals surface area contributed by atoms with E-state index >= 15 is 0 Å². The van der Waals surface area contributed by atoms with Crippen molar-refractivity contribution in [3.05, 3.63) is 34.6 Å². The van der Waals surface area contributed by atoms with Gasteiger partial charge in [0, 0.05) is 10.2 Å². The normalized spacial score (nSPS) is 11.4. The molecule has 96 valence electrons. The number of aryl methyl sites for hydroxylation is 1. The Kier molecular flexibility index (Phi) is 3.31. The van der Waals surface area contributed by atoms with E-state index in [9.17, 15) is 8.42 Å². The number of oxazole rings is 1. The van der Waals surface area contributed by atoms with Crippen LogP contribution in [0, 0.1) is 6.92 Å². The topological polar surface area (TPSA) is 98.2 Å². The Hall–Kier alpha value is -1.54. The third-order valence-electron chi connectivity index (χ3n) is 2.12. The lowest BCUT2D eigenvalue weighted by Crippen LogP contribution is -2.13. The van der Waals surface area contributed by atoms with E-state index in [0.29, 0.717) is 15.9 Å². The molecule has 0 unspecified atom stereocenters. The number of rotatable bonds is 3. The molecular formula is C10H10BrN3O3S. The fourth-order valence-electron chi connectivity index (χ4n) is 1.26. The predicted molar refractivity (Wildman–Crippen MR) is 70.6 cm³/mol. The maximum Gasteiger partial charge on any atom is 0.309 e. The fourth-order valence-corrected chi connectivity index (χ4v) is 2.48. The minimum atomic E-state index is -3.75. The fraction of sp³-hybridized carbons (Fsp3) is 0.100. The predicted octanol–water partition coefficient (Wildman–Crippen LogP) is 2.13. The molecule has 0 fully saturated rings. The SMILES string of the molecule is Cc1coc(NS(=O)(=O)c2ccc(Br)c(N)c2)n1. The third kappa shape index (κ3) is 2.65. The first kappa shape index (κ1) is 12.9. The monoisotopic (exact) mass is 331 g/mol. The second-order valence-electron chi connectivity index (χ2n) is 3.58. The van der Waals surface area contributed by atoms with Crippen LogP contribution in [-0.2, 0) is 10.0 Å². The molecule has 1 heterocycles. The summed E-state index contributed by atoms with van der Waals surface area (Å²) in [5.74, 6) is 0. The first-order chi connectivity index (χ1) is 8.38. The summed E-state index contributed by atoms with van der Waals surface area (Å²) < 4.78 is 31.8. The minimum Gasteiger partial charge on any atom is -0.431 e. The summed E-state index contributed by atoms with van der Waals surface area (Å²) in [4.78, 5) is 3.90. The summed E-state index contributed by atoms with van der Waals surface area (Å²) in [5.41, 5.74) is 6.56. The zero-order valence-corrected chi connectivity index (χ0v) is 11.7. The molecule has 2 aromatic rings. The maximum absolute atomic E-state index is 12.0. The highest BCUT2D eigenvalue weighted by Crippen LogP contribution is 2.24. The van der Waals surface area contributed by atoms with E-state index in [1.165, 1.54) is 18.4 Å². The van der Waals surface area contributed by atoms with Gasteiger partial charge >= 0.3 is 6.01 Å². The van der Waals surface area contributed by atoms with Crippen molar-refractivity contribution in [1.82, 2.24) is 4.98 Å².